The molecule has 128 valence electrons. The van der Waals surface area contributed by atoms with Crippen LogP contribution in [-0.4, -0.2) is 20.1 Å². The summed E-state index contributed by atoms with van der Waals surface area (Å²) in [5, 5.41) is 8.78. The van der Waals surface area contributed by atoms with Crippen LogP contribution in [0.25, 0.3) is 17.0 Å². The van der Waals surface area contributed by atoms with E-state index in [1.165, 1.54) is 11.8 Å². The average Bonchev–Trinajstić information content (AvgIpc) is 2.97. The van der Waals surface area contributed by atoms with Gasteiger partial charge in [-0.2, -0.15) is 18.4 Å². The minimum atomic E-state index is -4.43. The van der Waals surface area contributed by atoms with Gasteiger partial charge in [-0.05, 0) is 29.5 Å². The largest absolute Gasteiger partial charge is 0.417 e. The molecule has 0 bridgehead atoms. The van der Waals surface area contributed by atoms with Gasteiger partial charge in [-0.25, -0.2) is 4.98 Å². The summed E-state index contributed by atoms with van der Waals surface area (Å²) in [4.78, 5) is 8.92. The third kappa shape index (κ3) is 3.61. The molecule has 0 aromatic carbocycles. The Kier molecular flexibility index (Phi) is 4.68. The molecule has 0 amide bonds. The number of imidazole rings is 1. The predicted molar refractivity (Wildman–Crippen MR) is 89.1 cm³/mol. The third-order valence-electron chi connectivity index (χ3n) is 3.53. The highest BCUT2D eigenvalue weighted by Gasteiger charge is 2.32. The number of fused-ring (bicyclic) bond motifs is 1. The van der Waals surface area contributed by atoms with Gasteiger partial charge in [-0.3, -0.25) is 4.98 Å². The summed E-state index contributed by atoms with van der Waals surface area (Å²) < 4.78 is 40.6. The lowest BCUT2D eigenvalue weighted by atomic mass is 10.2. The minimum absolute atomic E-state index is 0.272. The van der Waals surface area contributed by atoms with E-state index < -0.39 is 11.7 Å². The number of thioether (sulfide) groups is 1. The minimum Gasteiger partial charge on any atom is -0.306 e. The Morgan fingerprint density at radius 1 is 1.32 bits per heavy atom. The lowest BCUT2D eigenvalue weighted by molar-refractivity contribution is -0.138. The van der Waals surface area contributed by atoms with E-state index in [0.717, 1.165) is 17.8 Å². The molecule has 0 spiro atoms. The Hall–Kier alpha value is -2.53. The highest BCUT2D eigenvalue weighted by molar-refractivity contribution is 7.99. The van der Waals surface area contributed by atoms with E-state index >= 15 is 0 Å². The Morgan fingerprint density at radius 3 is 2.80 bits per heavy atom. The summed E-state index contributed by atoms with van der Waals surface area (Å²) in [7, 11) is 0. The molecule has 25 heavy (non-hydrogen) atoms. The first kappa shape index (κ1) is 17.3. The second kappa shape index (κ2) is 6.76. The van der Waals surface area contributed by atoms with Crippen molar-refractivity contribution < 1.29 is 13.2 Å². The second-order valence-electron chi connectivity index (χ2n) is 5.26. The lowest BCUT2D eigenvalue weighted by Crippen LogP contribution is -2.06. The molecule has 3 rings (SSSR count). The normalized spacial score (nSPS) is 11.6. The van der Waals surface area contributed by atoms with Gasteiger partial charge in [-0.15, -0.1) is 11.8 Å². The average molecular weight is 362 g/mol. The molecule has 0 unspecified atom stereocenters. The van der Waals surface area contributed by atoms with Crippen molar-refractivity contribution in [2.75, 3.05) is 5.75 Å². The summed E-state index contributed by atoms with van der Waals surface area (Å²) in [6, 6.07) is 6.78. The Bertz CT molecular complexity index is 957. The molecule has 3 aromatic heterocycles. The van der Waals surface area contributed by atoms with Gasteiger partial charge < -0.3 is 4.40 Å². The quantitative estimate of drug-likeness (QED) is 0.637. The van der Waals surface area contributed by atoms with Gasteiger partial charge in [0, 0.05) is 23.5 Å². The fourth-order valence-corrected chi connectivity index (χ4v) is 3.21. The summed E-state index contributed by atoms with van der Waals surface area (Å²) in [6.45, 7) is 1.87. The van der Waals surface area contributed by atoms with Crippen LogP contribution in [0.4, 0.5) is 13.2 Å². The van der Waals surface area contributed by atoms with Crippen LogP contribution in [0.1, 0.15) is 18.1 Å². The molecule has 0 saturated heterocycles. The molecular formula is C17H13F3N4S. The molecule has 0 fully saturated rings. The maximum absolute atomic E-state index is 12.9. The van der Waals surface area contributed by atoms with Crippen LogP contribution in [0.3, 0.4) is 0 Å². The van der Waals surface area contributed by atoms with Crippen LogP contribution in [0, 0.1) is 11.3 Å². The number of hydrogen-bond acceptors (Lipinski definition) is 4. The zero-order chi connectivity index (χ0) is 18.0. The number of nitriles is 1. The maximum atomic E-state index is 12.9. The van der Waals surface area contributed by atoms with Gasteiger partial charge in [0.25, 0.3) is 0 Å². The van der Waals surface area contributed by atoms with E-state index in [1.54, 1.807) is 22.9 Å². The van der Waals surface area contributed by atoms with Crippen LogP contribution >= 0.6 is 11.8 Å². The number of hydrogen-bond donors (Lipinski definition) is 0. The first-order chi connectivity index (χ1) is 11.9. The monoisotopic (exact) mass is 362 g/mol. The van der Waals surface area contributed by atoms with Crippen molar-refractivity contribution in [3.63, 3.8) is 0 Å². The van der Waals surface area contributed by atoms with Crippen molar-refractivity contribution in [3.8, 4) is 17.5 Å². The Morgan fingerprint density at radius 2 is 2.12 bits per heavy atom. The van der Waals surface area contributed by atoms with E-state index in [2.05, 4.69) is 16.0 Å². The van der Waals surface area contributed by atoms with E-state index in [4.69, 9.17) is 5.26 Å². The summed E-state index contributed by atoms with van der Waals surface area (Å²) in [5.74, 6) is 0.621. The Balaban J connectivity index is 2.08. The summed E-state index contributed by atoms with van der Waals surface area (Å²) in [6.07, 6.45) is 0.171. The van der Waals surface area contributed by atoms with E-state index in [0.29, 0.717) is 27.7 Å². The van der Waals surface area contributed by atoms with Crippen LogP contribution < -0.4 is 0 Å². The van der Waals surface area contributed by atoms with Crippen molar-refractivity contribution in [1.82, 2.24) is 14.4 Å². The van der Waals surface area contributed by atoms with Gasteiger partial charge in [0.05, 0.1) is 18.1 Å². The highest BCUT2D eigenvalue weighted by atomic mass is 32.2. The standard InChI is InChI=1S/C17H13F3N4S/c1-2-25-14-8-12(17(18,19)20)9-22-16(14)13-10-24-6-4-11(3-5-21)7-15(24)23-13/h4,6-10H,2-3H2,1H3. The molecule has 0 aliphatic heterocycles. The van der Waals surface area contributed by atoms with Gasteiger partial charge in [0.1, 0.15) is 17.0 Å². The number of alkyl halides is 3. The fraction of sp³-hybridized carbons (Fsp3) is 0.235. The van der Waals surface area contributed by atoms with Crippen LogP contribution in [-0.2, 0) is 12.6 Å². The Labute approximate surface area is 146 Å². The van der Waals surface area contributed by atoms with E-state index in [1.807, 2.05) is 13.0 Å². The molecule has 3 heterocycles. The fourth-order valence-electron chi connectivity index (χ4n) is 2.40. The van der Waals surface area contributed by atoms with Crippen LogP contribution in [0.2, 0.25) is 0 Å². The van der Waals surface area contributed by atoms with E-state index in [9.17, 15) is 13.2 Å². The van der Waals surface area contributed by atoms with Crippen molar-refractivity contribution >= 4 is 17.4 Å². The van der Waals surface area contributed by atoms with Crippen LogP contribution in [0.15, 0.2) is 41.7 Å². The third-order valence-corrected chi connectivity index (χ3v) is 4.44. The van der Waals surface area contributed by atoms with Crippen molar-refractivity contribution in [3.05, 3.63) is 47.9 Å². The van der Waals surface area contributed by atoms with Crippen LogP contribution in [0.5, 0.6) is 0 Å². The summed E-state index contributed by atoms with van der Waals surface area (Å²) >= 11 is 1.29. The van der Waals surface area contributed by atoms with Crippen molar-refractivity contribution in [2.24, 2.45) is 0 Å². The lowest BCUT2D eigenvalue weighted by Gasteiger charge is -2.10. The predicted octanol–water partition coefficient (Wildman–Crippen LogP) is 4.59. The zero-order valence-corrected chi connectivity index (χ0v) is 14.0. The van der Waals surface area contributed by atoms with Crippen molar-refractivity contribution in [1.29, 1.82) is 5.26 Å². The molecule has 0 aliphatic rings. The van der Waals surface area contributed by atoms with Gasteiger partial charge >= 0.3 is 6.18 Å². The van der Waals surface area contributed by atoms with Crippen molar-refractivity contribution in [2.45, 2.75) is 24.4 Å². The number of nitrogens with zero attached hydrogens (tertiary/aromatic N) is 4. The van der Waals surface area contributed by atoms with Gasteiger partial charge in [-0.1, -0.05) is 6.92 Å². The number of pyridine rings is 2. The molecule has 0 saturated carbocycles. The summed E-state index contributed by atoms with van der Waals surface area (Å²) in [5.41, 5.74) is 1.60. The molecule has 3 aromatic rings. The van der Waals surface area contributed by atoms with Gasteiger partial charge in [0.15, 0.2) is 0 Å². The zero-order valence-electron chi connectivity index (χ0n) is 13.2. The molecule has 0 radical (unpaired) electrons. The topological polar surface area (TPSA) is 54.0 Å². The highest BCUT2D eigenvalue weighted by Crippen LogP contribution is 2.35. The van der Waals surface area contributed by atoms with Gasteiger partial charge in [0.2, 0.25) is 0 Å². The SMILES string of the molecule is CCSc1cc(C(F)(F)F)cnc1-c1cn2ccc(CC#N)cc2n1. The smallest absolute Gasteiger partial charge is 0.306 e. The molecule has 8 heteroatoms. The molecule has 0 N–H and O–H groups in total. The maximum Gasteiger partial charge on any atom is 0.417 e. The number of rotatable bonds is 4. The first-order valence-corrected chi connectivity index (χ1v) is 8.46. The second-order valence-corrected chi connectivity index (χ2v) is 6.57. The molecule has 4 nitrogen and oxygen atoms in total. The van der Waals surface area contributed by atoms with E-state index in [-0.39, 0.29) is 6.42 Å². The number of halogens is 3. The first-order valence-electron chi connectivity index (χ1n) is 7.47. The number of aromatic nitrogens is 3. The molecule has 0 aliphatic carbocycles. The molecular weight excluding hydrogens is 349 g/mol. The molecule has 0 atom stereocenters.